The van der Waals surface area contributed by atoms with Crippen molar-refractivity contribution in [2.45, 2.75) is 31.6 Å². The SMILES string of the molecule is N#CC(O)C1CCCN1C(=O)OCc1ccccc1. The van der Waals surface area contributed by atoms with E-state index >= 15 is 0 Å². The first kappa shape index (κ1) is 13.4. The number of nitriles is 1. The molecule has 0 aliphatic carbocycles. The average molecular weight is 260 g/mol. The first-order valence-corrected chi connectivity index (χ1v) is 6.27. The van der Waals surface area contributed by atoms with Crippen LogP contribution < -0.4 is 0 Å². The molecule has 0 radical (unpaired) electrons. The van der Waals surface area contributed by atoms with E-state index in [1.807, 2.05) is 30.3 Å². The number of amides is 1. The largest absolute Gasteiger partial charge is 0.445 e. The molecule has 100 valence electrons. The van der Waals surface area contributed by atoms with Crippen LogP contribution in [0.3, 0.4) is 0 Å². The third-order valence-electron chi connectivity index (χ3n) is 3.24. The fourth-order valence-electron chi connectivity index (χ4n) is 2.24. The van der Waals surface area contributed by atoms with Gasteiger partial charge in [-0.1, -0.05) is 30.3 Å². The Hall–Kier alpha value is -2.06. The summed E-state index contributed by atoms with van der Waals surface area (Å²) in [5.41, 5.74) is 0.910. The third kappa shape index (κ3) is 3.24. The summed E-state index contributed by atoms with van der Waals surface area (Å²) >= 11 is 0. The second kappa shape index (κ2) is 6.21. The molecule has 19 heavy (non-hydrogen) atoms. The number of benzene rings is 1. The van der Waals surface area contributed by atoms with E-state index in [0.29, 0.717) is 13.0 Å². The maximum Gasteiger partial charge on any atom is 0.410 e. The van der Waals surface area contributed by atoms with E-state index < -0.39 is 18.2 Å². The van der Waals surface area contributed by atoms with Crippen LogP contribution in [-0.4, -0.2) is 34.8 Å². The molecule has 2 unspecified atom stereocenters. The highest BCUT2D eigenvalue weighted by Crippen LogP contribution is 2.21. The lowest BCUT2D eigenvalue weighted by Gasteiger charge is -2.24. The number of ether oxygens (including phenoxy) is 1. The van der Waals surface area contributed by atoms with Crippen LogP contribution in [0.4, 0.5) is 4.79 Å². The van der Waals surface area contributed by atoms with Crippen molar-refractivity contribution in [2.75, 3.05) is 6.54 Å². The van der Waals surface area contributed by atoms with E-state index in [9.17, 15) is 9.90 Å². The van der Waals surface area contributed by atoms with Gasteiger partial charge in [-0.15, -0.1) is 0 Å². The van der Waals surface area contributed by atoms with E-state index in [1.165, 1.54) is 4.90 Å². The molecular formula is C14H16N2O3. The van der Waals surface area contributed by atoms with E-state index in [1.54, 1.807) is 6.07 Å². The molecular weight excluding hydrogens is 244 g/mol. The quantitative estimate of drug-likeness (QED) is 0.839. The predicted octanol–water partition coefficient (Wildman–Crippen LogP) is 1.67. The van der Waals surface area contributed by atoms with Crippen LogP contribution in [0.15, 0.2) is 30.3 Å². The molecule has 5 nitrogen and oxygen atoms in total. The lowest BCUT2D eigenvalue weighted by molar-refractivity contribution is 0.0658. The van der Waals surface area contributed by atoms with Gasteiger partial charge in [0.1, 0.15) is 6.61 Å². The minimum atomic E-state index is -1.15. The van der Waals surface area contributed by atoms with E-state index in [0.717, 1.165) is 12.0 Å². The molecule has 0 spiro atoms. The molecule has 1 aliphatic rings. The van der Waals surface area contributed by atoms with Gasteiger partial charge in [-0.05, 0) is 18.4 Å². The van der Waals surface area contributed by atoms with E-state index in [4.69, 9.17) is 10.00 Å². The van der Waals surface area contributed by atoms with Crippen molar-refractivity contribution in [1.29, 1.82) is 5.26 Å². The zero-order valence-corrected chi connectivity index (χ0v) is 10.5. The van der Waals surface area contributed by atoms with Gasteiger partial charge in [0.05, 0.1) is 12.1 Å². The first-order chi connectivity index (χ1) is 9.22. The number of hydrogen-bond acceptors (Lipinski definition) is 4. The van der Waals surface area contributed by atoms with Crippen molar-refractivity contribution in [3.05, 3.63) is 35.9 Å². The smallest absolute Gasteiger partial charge is 0.410 e. The van der Waals surface area contributed by atoms with Gasteiger partial charge in [0.15, 0.2) is 6.10 Å². The number of hydrogen-bond donors (Lipinski definition) is 1. The lowest BCUT2D eigenvalue weighted by atomic mass is 10.1. The molecule has 1 aromatic carbocycles. The number of rotatable bonds is 3. The molecule has 2 rings (SSSR count). The fourth-order valence-corrected chi connectivity index (χ4v) is 2.24. The van der Waals surface area contributed by atoms with Crippen LogP contribution in [0.2, 0.25) is 0 Å². The summed E-state index contributed by atoms with van der Waals surface area (Å²) < 4.78 is 5.20. The molecule has 0 saturated carbocycles. The third-order valence-corrected chi connectivity index (χ3v) is 3.24. The van der Waals surface area contributed by atoms with Gasteiger partial charge in [0, 0.05) is 6.54 Å². The number of carbonyl (C=O) groups excluding carboxylic acids is 1. The Labute approximate surface area is 112 Å². The van der Waals surface area contributed by atoms with Crippen LogP contribution in [-0.2, 0) is 11.3 Å². The molecule has 1 N–H and O–H groups in total. The van der Waals surface area contributed by atoms with Crippen molar-refractivity contribution in [1.82, 2.24) is 4.90 Å². The maximum atomic E-state index is 11.9. The average Bonchev–Trinajstić information content (AvgIpc) is 2.94. The van der Waals surface area contributed by atoms with E-state index in [-0.39, 0.29) is 6.61 Å². The highest BCUT2D eigenvalue weighted by Gasteiger charge is 2.34. The number of carbonyl (C=O) groups is 1. The second-order valence-corrected chi connectivity index (χ2v) is 4.52. The van der Waals surface area contributed by atoms with Crippen molar-refractivity contribution in [3.8, 4) is 6.07 Å². The molecule has 1 saturated heterocycles. The second-order valence-electron chi connectivity index (χ2n) is 4.52. The van der Waals surface area contributed by atoms with Gasteiger partial charge in [-0.25, -0.2) is 4.79 Å². The van der Waals surface area contributed by atoms with Crippen molar-refractivity contribution in [2.24, 2.45) is 0 Å². The molecule has 1 amide bonds. The Morgan fingerprint density at radius 2 is 2.26 bits per heavy atom. The van der Waals surface area contributed by atoms with Gasteiger partial charge >= 0.3 is 6.09 Å². The molecule has 1 aromatic rings. The Morgan fingerprint density at radius 1 is 1.53 bits per heavy atom. The molecule has 0 aromatic heterocycles. The number of likely N-dealkylation sites (tertiary alicyclic amines) is 1. The minimum absolute atomic E-state index is 0.200. The summed E-state index contributed by atoms with van der Waals surface area (Å²) in [5, 5.41) is 18.3. The normalized spacial score (nSPS) is 19.8. The molecule has 5 heteroatoms. The Kier molecular flexibility index (Phi) is 4.37. The highest BCUT2D eigenvalue weighted by molar-refractivity contribution is 5.68. The van der Waals surface area contributed by atoms with Crippen LogP contribution in [0.25, 0.3) is 0 Å². The topological polar surface area (TPSA) is 73.6 Å². The van der Waals surface area contributed by atoms with Crippen molar-refractivity contribution in [3.63, 3.8) is 0 Å². The van der Waals surface area contributed by atoms with Gasteiger partial charge in [-0.2, -0.15) is 5.26 Å². The summed E-state index contributed by atoms with van der Waals surface area (Å²) in [4.78, 5) is 13.4. The van der Waals surface area contributed by atoms with Crippen LogP contribution in [0.5, 0.6) is 0 Å². The summed E-state index contributed by atoms with van der Waals surface area (Å²) in [7, 11) is 0. The van der Waals surface area contributed by atoms with Crippen LogP contribution in [0, 0.1) is 11.3 Å². The maximum absolute atomic E-state index is 11.9. The van der Waals surface area contributed by atoms with Crippen LogP contribution in [0.1, 0.15) is 18.4 Å². The van der Waals surface area contributed by atoms with Gasteiger partial charge in [-0.3, -0.25) is 0 Å². The highest BCUT2D eigenvalue weighted by atomic mass is 16.6. The monoisotopic (exact) mass is 260 g/mol. The minimum Gasteiger partial charge on any atom is -0.445 e. The first-order valence-electron chi connectivity index (χ1n) is 6.27. The summed E-state index contributed by atoms with van der Waals surface area (Å²) in [6.07, 6.45) is -0.202. The molecule has 2 atom stereocenters. The van der Waals surface area contributed by atoms with Gasteiger partial charge < -0.3 is 14.7 Å². The van der Waals surface area contributed by atoms with Crippen molar-refractivity contribution < 1.29 is 14.6 Å². The number of aliphatic hydroxyl groups is 1. The Bertz CT molecular complexity index is 469. The molecule has 1 aliphatic heterocycles. The summed E-state index contributed by atoms with van der Waals surface area (Å²) in [5.74, 6) is 0. The standard InChI is InChI=1S/C14H16N2O3/c15-9-13(17)12-7-4-8-16(12)14(18)19-10-11-5-2-1-3-6-11/h1-3,5-6,12-13,17H,4,7-8,10H2. The summed E-state index contributed by atoms with van der Waals surface area (Å²) in [6, 6.07) is 10.7. The molecule has 1 heterocycles. The Morgan fingerprint density at radius 3 is 2.95 bits per heavy atom. The van der Waals surface area contributed by atoms with Crippen LogP contribution >= 0.6 is 0 Å². The van der Waals surface area contributed by atoms with Crippen molar-refractivity contribution >= 4 is 6.09 Å². The summed E-state index contributed by atoms with van der Waals surface area (Å²) in [6.45, 7) is 0.725. The number of nitrogens with zero attached hydrogens (tertiary/aromatic N) is 2. The lowest BCUT2D eigenvalue weighted by Crippen LogP contribution is -2.42. The molecule has 1 fully saturated rings. The van der Waals surface area contributed by atoms with Gasteiger partial charge in [0.25, 0.3) is 0 Å². The van der Waals surface area contributed by atoms with E-state index in [2.05, 4.69) is 0 Å². The zero-order valence-electron chi connectivity index (χ0n) is 10.5. The molecule has 0 bridgehead atoms. The predicted molar refractivity (Wildman–Crippen MR) is 68.0 cm³/mol. The zero-order chi connectivity index (χ0) is 13.7. The fraction of sp³-hybridized carbons (Fsp3) is 0.429. The van der Waals surface area contributed by atoms with Gasteiger partial charge in [0.2, 0.25) is 0 Å². The number of aliphatic hydroxyl groups excluding tert-OH is 1. The Balaban J connectivity index is 1.91.